The molecular formula is C17H31CaNO7. The molecule has 0 atom stereocenters. The third-order valence-electron chi connectivity index (χ3n) is 5.76. The van der Waals surface area contributed by atoms with E-state index in [9.17, 15) is 0 Å². The van der Waals surface area contributed by atoms with Gasteiger partial charge in [-0.3, -0.25) is 0 Å². The van der Waals surface area contributed by atoms with Crippen LogP contribution in [0.3, 0.4) is 0 Å². The summed E-state index contributed by atoms with van der Waals surface area (Å²) in [6.45, 7) is 0. The van der Waals surface area contributed by atoms with E-state index in [2.05, 4.69) is 30.6 Å². The zero-order valence-corrected chi connectivity index (χ0v) is 18.7. The van der Waals surface area contributed by atoms with Gasteiger partial charge in [0.1, 0.15) is 0 Å². The molecular weight excluding hydrogens is 370 g/mol. The van der Waals surface area contributed by atoms with Crippen LogP contribution in [0.5, 0.6) is 0 Å². The van der Waals surface area contributed by atoms with Crippen LogP contribution in [-0.4, -0.2) is 101 Å². The SMILES string of the molecule is COC(=O)[O-].COC(=O)[O-].C[N+](C)(C)C12CC3CC(CC(C3)C1)C2.[Ca+2].[OH-]. The first-order chi connectivity index (χ1) is 11.0. The predicted molar refractivity (Wildman–Crippen MR) is 91.4 cm³/mol. The number of nitrogens with zero attached hydrogens (tertiary/aromatic N) is 1. The normalized spacial score (nSPS) is 30.1. The van der Waals surface area contributed by atoms with Crippen molar-refractivity contribution < 1.29 is 39.2 Å². The van der Waals surface area contributed by atoms with E-state index in [0.717, 1.165) is 32.0 Å². The Morgan fingerprint density at radius 1 is 0.846 bits per heavy atom. The Morgan fingerprint density at radius 2 is 1.08 bits per heavy atom. The molecule has 0 unspecified atom stereocenters. The summed E-state index contributed by atoms with van der Waals surface area (Å²) in [7, 11) is 9.35. The Morgan fingerprint density at radius 3 is 1.23 bits per heavy atom. The van der Waals surface area contributed by atoms with Crippen LogP contribution in [0.15, 0.2) is 0 Å². The quantitative estimate of drug-likeness (QED) is 0.345. The van der Waals surface area contributed by atoms with Crippen molar-refractivity contribution in [3.63, 3.8) is 0 Å². The van der Waals surface area contributed by atoms with Gasteiger partial charge in [-0.1, -0.05) is 0 Å². The summed E-state index contributed by atoms with van der Waals surface area (Å²) in [5, 5.41) is 18.1. The number of carbonyl (C=O) groups excluding carboxylic acids is 2. The van der Waals surface area contributed by atoms with Crippen molar-refractivity contribution in [3.8, 4) is 0 Å². The van der Waals surface area contributed by atoms with Gasteiger partial charge in [-0.15, -0.1) is 0 Å². The first-order valence-corrected chi connectivity index (χ1v) is 8.34. The Kier molecular flexibility index (Phi) is 12.4. The average Bonchev–Trinajstić information content (AvgIpc) is 2.46. The minimum atomic E-state index is -1.50. The van der Waals surface area contributed by atoms with E-state index in [1.54, 1.807) is 19.3 Å². The predicted octanol–water partition coefficient (Wildman–Crippen LogP) is 0.0560. The Labute approximate surface area is 185 Å². The molecule has 26 heavy (non-hydrogen) atoms. The fraction of sp³-hybridized carbons (Fsp3) is 0.882. The maximum atomic E-state index is 9.03. The third-order valence-corrected chi connectivity index (χ3v) is 5.76. The summed E-state index contributed by atoms with van der Waals surface area (Å²) in [5.41, 5.74) is 0.675. The Balaban J connectivity index is 0. The molecule has 0 radical (unpaired) electrons. The van der Waals surface area contributed by atoms with E-state index in [-0.39, 0.29) is 43.2 Å². The van der Waals surface area contributed by atoms with Gasteiger partial charge in [0.05, 0.1) is 26.7 Å². The van der Waals surface area contributed by atoms with E-state index in [1.165, 1.54) is 23.7 Å². The van der Waals surface area contributed by atoms with Gasteiger partial charge in [0.25, 0.3) is 12.3 Å². The average molecular weight is 402 g/mol. The molecule has 148 valence electrons. The van der Waals surface area contributed by atoms with Gasteiger partial charge in [0.2, 0.25) is 0 Å². The maximum absolute atomic E-state index is 9.03. The van der Waals surface area contributed by atoms with Crippen LogP contribution in [0, 0.1) is 17.8 Å². The molecule has 9 heteroatoms. The summed E-state index contributed by atoms with van der Waals surface area (Å²) in [6.07, 6.45) is 6.31. The standard InChI is InChI=1S/C13H24N.2C2H4O3.Ca.H2O/c1-14(2,3)13-7-10-4-11(8-13)6-12(5-10)9-13;2*1-5-2(3)4;;/h10-12H,4-9H2,1-3H3;2*1H3,(H,3,4);;1H2/q+1;;;+2;/p-3. The Bertz CT molecular complexity index is 402. The molecule has 1 N–H and O–H groups in total. The molecule has 0 amide bonds. The van der Waals surface area contributed by atoms with Crippen molar-refractivity contribution in [2.45, 2.75) is 44.1 Å². The third kappa shape index (κ3) is 7.76. The van der Waals surface area contributed by atoms with Crippen molar-refractivity contribution in [1.82, 2.24) is 0 Å². The molecule has 0 heterocycles. The van der Waals surface area contributed by atoms with Gasteiger partial charge in [-0.05, 0) is 37.0 Å². The van der Waals surface area contributed by atoms with E-state index < -0.39 is 12.3 Å². The van der Waals surface area contributed by atoms with Gasteiger partial charge in [0.15, 0.2) is 0 Å². The van der Waals surface area contributed by atoms with Crippen LogP contribution in [0.2, 0.25) is 0 Å². The summed E-state index contributed by atoms with van der Waals surface area (Å²) < 4.78 is 8.33. The number of rotatable bonds is 1. The van der Waals surface area contributed by atoms with E-state index >= 15 is 0 Å². The molecule has 0 saturated heterocycles. The van der Waals surface area contributed by atoms with Crippen LogP contribution in [0.1, 0.15) is 38.5 Å². The van der Waals surface area contributed by atoms with Gasteiger partial charge in [-0.25, -0.2) is 0 Å². The van der Waals surface area contributed by atoms with Crippen LogP contribution < -0.4 is 10.2 Å². The molecule has 4 aliphatic carbocycles. The second-order valence-corrected chi connectivity index (χ2v) is 8.06. The fourth-order valence-electron chi connectivity index (χ4n) is 4.89. The minimum absolute atomic E-state index is 0. The number of quaternary nitrogens is 1. The van der Waals surface area contributed by atoms with E-state index in [1.807, 2.05) is 0 Å². The number of methoxy groups -OCH3 is 2. The summed E-state index contributed by atoms with van der Waals surface area (Å²) in [6, 6.07) is 0. The van der Waals surface area contributed by atoms with Crippen molar-refractivity contribution in [2.24, 2.45) is 17.8 Å². The van der Waals surface area contributed by atoms with Crippen LogP contribution in [0.25, 0.3) is 0 Å². The van der Waals surface area contributed by atoms with E-state index in [4.69, 9.17) is 19.8 Å². The molecule has 0 aromatic rings. The first-order valence-electron chi connectivity index (χ1n) is 8.34. The second kappa shape index (κ2) is 11.5. The Hall–Kier alpha value is -0.280. The number of hydrogen-bond acceptors (Lipinski definition) is 7. The van der Waals surface area contributed by atoms with Crippen LogP contribution in [-0.2, 0) is 9.47 Å². The zero-order valence-electron chi connectivity index (χ0n) is 16.5. The van der Waals surface area contributed by atoms with E-state index in [0.29, 0.717) is 5.54 Å². The van der Waals surface area contributed by atoms with Gasteiger partial charge in [0, 0.05) is 33.5 Å². The summed E-state index contributed by atoms with van der Waals surface area (Å²) in [5.74, 6) is 3.29. The van der Waals surface area contributed by atoms with Crippen molar-refractivity contribution in [3.05, 3.63) is 0 Å². The van der Waals surface area contributed by atoms with Crippen LogP contribution in [0.4, 0.5) is 9.59 Å². The van der Waals surface area contributed by atoms with Gasteiger partial charge < -0.3 is 39.2 Å². The molecule has 4 saturated carbocycles. The number of hydrogen-bond donors (Lipinski definition) is 0. The van der Waals surface area contributed by atoms with Crippen molar-refractivity contribution in [2.75, 3.05) is 35.4 Å². The molecule has 4 bridgehead atoms. The fourth-order valence-corrected chi connectivity index (χ4v) is 4.89. The molecule has 8 nitrogen and oxygen atoms in total. The zero-order chi connectivity index (χ0) is 18.5. The largest absolute Gasteiger partial charge is 2.00 e. The molecule has 0 spiro atoms. The first kappa shape index (κ1) is 27.9. The number of carboxylic acid groups (broad SMARTS) is 2. The molecule has 4 aliphatic rings. The summed E-state index contributed by atoms with van der Waals surface area (Å²) >= 11 is 0. The molecule has 4 rings (SSSR count). The maximum Gasteiger partial charge on any atom is 2.00 e. The summed E-state index contributed by atoms with van der Waals surface area (Å²) in [4.78, 5) is 18.1. The van der Waals surface area contributed by atoms with Gasteiger partial charge >= 0.3 is 37.7 Å². The monoisotopic (exact) mass is 401 g/mol. The topological polar surface area (TPSA) is 129 Å². The second-order valence-electron chi connectivity index (χ2n) is 8.06. The van der Waals surface area contributed by atoms with Crippen LogP contribution >= 0.6 is 0 Å². The molecule has 4 fully saturated rings. The van der Waals surface area contributed by atoms with Crippen molar-refractivity contribution >= 4 is 50.0 Å². The number of carbonyl (C=O) groups is 2. The van der Waals surface area contributed by atoms with Crippen molar-refractivity contribution in [1.29, 1.82) is 0 Å². The molecule has 0 aromatic carbocycles. The molecule has 0 aliphatic heterocycles. The minimum Gasteiger partial charge on any atom is -0.870 e. The number of ether oxygens (including phenoxy) is 2. The van der Waals surface area contributed by atoms with Gasteiger partial charge in [-0.2, -0.15) is 0 Å². The molecule has 0 aromatic heterocycles. The smallest absolute Gasteiger partial charge is 0.870 e.